The van der Waals surface area contributed by atoms with Crippen LogP contribution in [0, 0.1) is 5.92 Å². The molecular formula is C31H36N2O4S. The van der Waals surface area contributed by atoms with Crippen molar-refractivity contribution in [3.8, 4) is 5.75 Å². The Bertz CT molecular complexity index is 1450. The number of sulfonamides is 1. The van der Waals surface area contributed by atoms with Crippen molar-refractivity contribution in [3.05, 3.63) is 94.5 Å². The standard InChI is InChI=1S/C31H36N2O4S/c1-5-21-13-16-24(17-14-21)38(35,36)33-29-20(2)31(3,4)37-28-18-15-23(19-26(28)29)30(34)32-27-12-8-10-22-9-6-7-11-25(22)27/h6-7,9,11,13-20,27,29,33H,5,8,10,12H2,1-4H3,(H,32,34)/t20-,27?,29-/m0/s1. The molecule has 3 atom stereocenters. The van der Waals surface area contributed by atoms with Gasteiger partial charge in [0.15, 0.2) is 0 Å². The average Bonchev–Trinajstić information content (AvgIpc) is 2.91. The van der Waals surface area contributed by atoms with E-state index in [1.54, 1.807) is 30.3 Å². The van der Waals surface area contributed by atoms with Gasteiger partial charge in [-0.25, -0.2) is 13.1 Å². The number of hydrogen-bond acceptors (Lipinski definition) is 4. The average molecular weight is 533 g/mol. The molecule has 200 valence electrons. The van der Waals surface area contributed by atoms with E-state index in [1.165, 1.54) is 11.1 Å². The molecule has 0 fully saturated rings. The van der Waals surface area contributed by atoms with Crippen LogP contribution in [0.25, 0.3) is 0 Å². The van der Waals surface area contributed by atoms with Crippen molar-refractivity contribution in [1.29, 1.82) is 0 Å². The number of carbonyl (C=O) groups is 1. The second-order valence-electron chi connectivity index (χ2n) is 11.0. The molecule has 1 aliphatic heterocycles. The third kappa shape index (κ3) is 5.09. The van der Waals surface area contributed by atoms with Crippen LogP contribution >= 0.6 is 0 Å². The summed E-state index contributed by atoms with van der Waals surface area (Å²) in [5, 5.41) is 3.21. The first kappa shape index (κ1) is 26.4. The second kappa shape index (κ2) is 10.2. The number of carbonyl (C=O) groups excluding carboxylic acids is 1. The first-order valence-corrected chi connectivity index (χ1v) is 14.9. The van der Waals surface area contributed by atoms with Gasteiger partial charge in [-0.2, -0.15) is 0 Å². The maximum Gasteiger partial charge on any atom is 0.251 e. The highest BCUT2D eigenvalue weighted by Gasteiger charge is 2.43. The van der Waals surface area contributed by atoms with Crippen LogP contribution in [-0.4, -0.2) is 19.9 Å². The maximum absolute atomic E-state index is 13.4. The summed E-state index contributed by atoms with van der Waals surface area (Å²) in [5.74, 6) is 0.216. The van der Waals surface area contributed by atoms with Crippen LogP contribution in [0.5, 0.6) is 5.75 Å². The van der Waals surface area contributed by atoms with Gasteiger partial charge in [0.1, 0.15) is 11.4 Å². The maximum atomic E-state index is 13.4. The topological polar surface area (TPSA) is 84.5 Å². The Kier molecular flexibility index (Phi) is 7.09. The summed E-state index contributed by atoms with van der Waals surface area (Å²) in [7, 11) is -3.81. The lowest BCUT2D eigenvalue weighted by atomic mass is 9.80. The van der Waals surface area contributed by atoms with Crippen molar-refractivity contribution in [2.75, 3.05) is 0 Å². The van der Waals surface area contributed by atoms with Gasteiger partial charge in [-0.05, 0) is 86.6 Å². The summed E-state index contributed by atoms with van der Waals surface area (Å²) < 4.78 is 36.1. The molecule has 38 heavy (non-hydrogen) atoms. The monoisotopic (exact) mass is 532 g/mol. The molecule has 6 nitrogen and oxygen atoms in total. The highest BCUT2D eigenvalue weighted by Crippen LogP contribution is 2.44. The molecule has 0 saturated carbocycles. The predicted molar refractivity (Wildman–Crippen MR) is 149 cm³/mol. The van der Waals surface area contributed by atoms with E-state index in [0.717, 1.165) is 31.2 Å². The van der Waals surface area contributed by atoms with Crippen molar-refractivity contribution in [1.82, 2.24) is 10.0 Å². The summed E-state index contributed by atoms with van der Waals surface area (Å²) in [6.45, 7) is 7.92. The number of benzene rings is 3. The molecule has 1 heterocycles. The SMILES string of the molecule is CCc1ccc(S(=O)(=O)N[C@@H]2c3cc(C(=O)NC4CCCc5ccccc54)ccc3OC(C)(C)[C@H]2C)cc1. The van der Waals surface area contributed by atoms with Crippen molar-refractivity contribution >= 4 is 15.9 Å². The molecule has 5 rings (SSSR count). The van der Waals surface area contributed by atoms with Crippen LogP contribution in [0.15, 0.2) is 71.6 Å². The van der Waals surface area contributed by atoms with Gasteiger partial charge in [0.25, 0.3) is 5.91 Å². The van der Waals surface area contributed by atoms with Gasteiger partial charge in [0, 0.05) is 17.0 Å². The zero-order chi connectivity index (χ0) is 27.1. The van der Waals surface area contributed by atoms with Crippen LogP contribution in [0.3, 0.4) is 0 Å². The molecule has 2 aliphatic rings. The fourth-order valence-corrected chi connectivity index (χ4v) is 6.82. The minimum atomic E-state index is -3.81. The third-order valence-electron chi connectivity index (χ3n) is 8.18. The molecule has 2 N–H and O–H groups in total. The van der Waals surface area contributed by atoms with E-state index in [4.69, 9.17) is 4.74 Å². The molecule has 0 aromatic heterocycles. The number of nitrogens with one attached hydrogen (secondary N) is 2. The number of rotatable bonds is 6. The van der Waals surface area contributed by atoms with Gasteiger partial charge in [-0.3, -0.25) is 4.79 Å². The molecule has 3 aromatic carbocycles. The van der Waals surface area contributed by atoms with Gasteiger partial charge >= 0.3 is 0 Å². The molecule has 0 bridgehead atoms. The van der Waals surface area contributed by atoms with Gasteiger partial charge in [0.05, 0.1) is 17.0 Å². The molecule has 1 aliphatic carbocycles. The Morgan fingerprint density at radius 3 is 2.50 bits per heavy atom. The number of amides is 1. The zero-order valence-corrected chi connectivity index (χ0v) is 23.3. The summed E-state index contributed by atoms with van der Waals surface area (Å²) in [5.41, 5.74) is 4.07. The molecule has 1 unspecified atom stereocenters. The minimum absolute atomic E-state index is 0.0435. The lowest BCUT2D eigenvalue weighted by Crippen LogP contribution is -2.48. The third-order valence-corrected chi connectivity index (χ3v) is 9.63. The molecule has 0 radical (unpaired) electrons. The summed E-state index contributed by atoms with van der Waals surface area (Å²) in [4.78, 5) is 13.6. The molecule has 7 heteroatoms. The zero-order valence-electron chi connectivity index (χ0n) is 22.5. The summed E-state index contributed by atoms with van der Waals surface area (Å²) >= 11 is 0. The minimum Gasteiger partial charge on any atom is -0.487 e. The van der Waals surface area contributed by atoms with Gasteiger partial charge < -0.3 is 10.1 Å². The van der Waals surface area contributed by atoms with Crippen LogP contribution in [-0.2, 0) is 22.9 Å². The number of fused-ring (bicyclic) bond motifs is 2. The van der Waals surface area contributed by atoms with E-state index < -0.39 is 21.7 Å². The van der Waals surface area contributed by atoms with Gasteiger partial charge in [0.2, 0.25) is 10.0 Å². The van der Waals surface area contributed by atoms with Crippen molar-refractivity contribution in [3.63, 3.8) is 0 Å². The van der Waals surface area contributed by atoms with E-state index in [2.05, 4.69) is 22.2 Å². The van der Waals surface area contributed by atoms with E-state index in [9.17, 15) is 13.2 Å². The molecule has 0 saturated heterocycles. The quantitative estimate of drug-likeness (QED) is 0.415. The van der Waals surface area contributed by atoms with Crippen LogP contribution in [0.1, 0.15) is 85.2 Å². The molecular weight excluding hydrogens is 496 g/mol. The first-order chi connectivity index (χ1) is 18.1. The van der Waals surface area contributed by atoms with E-state index in [1.807, 2.05) is 52.0 Å². The molecule has 3 aromatic rings. The van der Waals surface area contributed by atoms with Crippen molar-refractivity contribution < 1.29 is 17.9 Å². The fraction of sp³-hybridized carbons (Fsp3) is 0.387. The normalized spacial score (nSPS) is 22.1. The number of aryl methyl sites for hydroxylation is 2. The number of hydrogen-bond donors (Lipinski definition) is 2. The molecule has 0 spiro atoms. The lowest BCUT2D eigenvalue weighted by Gasteiger charge is -2.43. The Morgan fingerprint density at radius 2 is 1.76 bits per heavy atom. The van der Waals surface area contributed by atoms with Crippen molar-refractivity contribution in [2.24, 2.45) is 5.92 Å². The predicted octanol–water partition coefficient (Wildman–Crippen LogP) is 5.88. The smallest absolute Gasteiger partial charge is 0.251 e. The van der Waals surface area contributed by atoms with Crippen LogP contribution in [0.2, 0.25) is 0 Å². The van der Waals surface area contributed by atoms with E-state index in [0.29, 0.717) is 16.9 Å². The van der Waals surface area contributed by atoms with Crippen LogP contribution in [0.4, 0.5) is 0 Å². The van der Waals surface area contributed by atoms with Crippen LogP contribution < -0.4 is 14.8 Å². The van der Waals surface area contributed by atoms with Gasteiger partial charge in [-0.15, -0.1) is 0 Å². The lowest BCUT2D eigenvalue weighted by molar-refractivity contribution is 0.0167. The highest BCUT2D eigenvalue weighted by atomic mass is 32.2. The Balaban J connectivity index is 1.45. The largest absolute Gasteiger partial charge is 0.487 e. The first-order valence-electron chi connectivity index (χ1n) is 13.4. The molecule has 1 amide bonds. The summed E-state index contributed by atoms with van der Waals surface area (Å²) in [6.07, 6.45) is 3.77. The van der Waals surface area contributed by atoms with E-state index in [-0.39, 0.29) is 22.8 Å². The highest BCUT2D eigenvalue weighted by molar-refractivity contribution is 7.89. The fourth-order valence-electron chi connectivity index (χ4n) is 5.52. The Hall–Kier alpha value is -3.16. The Morgan fingerprint density at radius 1 is 1.03 bits per heavy atom. The van der Waals surface area contributed by atoms with Gasteiger partial charge in [-0.1, -0.05) is 50.2 Å². The second-order valence-corrected chi connectivity index (χ2v) is 12.7. The Labute approximate surface area is 225 Å². The van der Waals surface area contributed by atoms with E-state index >= 15 is 0 Å². The summed E-state index contributed by atoms with van der Waals surface area (Å²) in [6, 6.07) is 19.9. The number of ether oxygens (including phenoxy) is 1. The van der Waals surface area contributed by atoms with Crippen molar-refractivity contribution in [2.45, 2.75) is 76.0 Å².